The van der Waals surface area contributed by atoms with Gasteiger partial charge in [-0.25, -0.2) is 4.98 Å². The second-order valence-electron chi connectivity index (χ2n) is 6.38. The van der Waals surface area contributed by atoms with Crippen LogP contribution in [-0.4, -0.2) is 20.6 Å². The maximum absolute atomic E-state index is 11.9. The standard InChI is InChI=1S/C20H18N4O2S/c1-12-3-5-14(6-4-12)10-24-13(2)15(19(21)25)9-17(24)16-11-27-20(23-16)18-7-8-22-26-18/h3-9,11H,10H2,1-2H3,(H2,21,25). The van der Waals surface area contributed by atoms with Crippen molar-refractivity contribution in [2.45, 2.75) is 20.4 Å². The lowest BCUT2D eigenvalue weighted by Gasteiger charge is -2.11. The van der Waals surface area contributed by atoms with Gasteiger partial charge in [-0.3, -0.25) is 4.79 Å². The van der Waals surface area contributed by atoms with Gasteiger partial charge in [0.15, 0.2) is 10.8 Å². The predicted octanol–water partition coefficient (Wildman–Crippen LogP) is 4.03. The Kier molecular flexibility index (Phi) is 4.37. The van der Waals surface area contributed by atoms with Gasteiger partial charge in [0.2, 0.25) is 0 Å². The van der Waals surface area contributed by atoms with Crippen molar-refractivity contribution in [1.29, 1.82) is 0 Å². The molecule has 1 aromatic carbocycles. The smallest absolute Gasteiger partial charge is 0.250 e. The van der Waals surface area contributed by atoms with Crippen LogP contribution in [0.4, 0.5) is 0 Å². The van der Waals surface area contributed by atoms with E-state index in [0.717, 1.165) is 27.7 Å². The molecule has 0 aliphatic carbocycles. The third-order valence-electron chi connectivity index (χ3n) is 4.51. The topological polar surface area (TPSA) is 86.9 Å². The van der Waals surface area contributed by atoms with Crippen LogP contribution in [0, 0.1) is 13.8 Å². The summed E-state index contributed by atoms with van der Waals surface area (Å²) in [6, 6.07) is 11.9. The molecule has 4 aromatic rings. The molecule has 0 aliphatic rings. The summed E-state index contributed by atoms with van der Waals surface area (Å²) in [6.07, 6.45) is 1.59. The Labute approximate surface area is 160 Å². The first-order valence-corrected chi connectivity index (χ1v) is 9.33. The molecule has 3 aromatic heterocycles. The first-order valence-electron chi connectivity index (χ1n) is 8.45. The Morgan fingerprint density at radius 3 is 2.67 bits per heavy atom. The van der Waals surface area contributed by atoms with E-state index in [4.69, 9.17) is 10.3 Å². The zero-order valence-electron chi connectivity index (χ0n) is 15.0. The van der Waals surface area contributed by atoms with Gasteiger partial charge in [-0.15, -0.1) is 11.3 Å². The zero-order chi connectivity index (χ0) is 19.0. The van der Waals surface area contributed by atoms with Gasteiger partial charge in [-0.1, -0.05) is 35.0 Å². The second-order valence-corrected chi connectivity index (χ2v) is 7.24. The molecular weight excluding hydrogens is 360 g/mol. The van der Waals surface area contributed by atoms with Gasteiger partial charge in [0, 0.05) is 23.7 Å². The third kappa shape index (κ3) is 3.29. The number of thiazole rings is 1. The van der Waals surface area contributed by atoms with E-state index < -0.39 is 5.91 Å². The minimum absolute atomic E-state index is 0.443. The monoisotopic (exact) mass is 378 g/mol. The first kappa shape index (κ1) is 17.2. The van der Waals surface area contributed by atoms with Crippen LogP contribution in [0.2, 0.25) is 0 Å². The predicted molar refractivity (Wildman–Crippen MR) is 105 cm³/mol. The van der Waals surface area contributed by atoms with Crippen molar-refractivity contribution in [1.82, 2.24) is 14.7 Å². The number of nitrogens with two attached hydrogens (primary N) is 1. The average Bonchev–Trinajstić information content (AvgIpc) is 3.37. The van der Waals surface area contributed by atoms with Gasteiger partial charge in [-0.05, 0) is 25.5 Å². The number of carbonyl (C=O) groups is 1. The lowest BCUT2D eigenvalue weighted by Crippen LogP contribution is -2.12. The normalized spacial score (nSPS) is 11.0. The lowest BCUT2D eigenvalue weighted by atomic mass is 10.1. The van der Waals surface area contributed by atoms with Gasteiger partial charge in [0.25, 0.3) is 5.91 Å². The largest absolute Gasteiger partial charge is 0.366 e. The summed E-state index contributed by atoms with van der Waals surface area (Å²) in [5.74, 6) is 0.178. The number of nitrogens with zero attached hydrogens (tertiary/aromatic N) is 3. The molecule has 3 heterocycles. The van der Waals surface area contributed by atoms with Crippen molar-refractivity contribution in [2.24, 2.45) is 5.73 Å². The van der Waals surface area contributed by atoms with Gasteiger partial charge < -0.3 is 14.8 Å². The molecule has 2 N–H and O–H groups in total. The van der Waals surface area contributed by atoms with Crippen LogP contribution >= 0.6 is 11.3 Å². The maximum atomic E-state index is 11.9. The Morgan fingerprint density at radius 2 is 2.00 bits per heavy atom. The van der Waals surface area contributed by atoms with E-state index in [9.17, 15) is 4.79 Å². The highest BCUT2D eigenvalue weighted by Crippen LogP contribution is 2.31. The lowest BCUT2D eigenvalue weighted by molar-refractivity contribution is 0.0999. The quantitative estimate of drug-likeness (QED) is 0.568. The third-order valence-corrected chi connectivity index (χ3v) is 5.37. The molecule has 7 heteroatoms. The van der Waals surface area contributed by atoms with E-state index in [0.29, 0.717) is 17.9 Å². The number of hydrogen-bond acceptors (Lipinski definition) is 5. The summed E-state index contributed by atoms with van der Waals surface area (Å²) in [5.41, 5.74) is 10.9. The molecule has 27 heavy (non-hydrogen) atoms. The fourth-order valence-electron chi connectivity index (χ4n) is 3.02. The van der Waals surface area contributed by atoms with Crippen molar-refractivity contribution in [3.05, 3.63) is 70.4 Å². The van der Waals surface area contributed by atoms with Crippen LogP contribution in [0.5, 0.6) is 0 Å². The van der Waals surface area contributed by atoms with Gasteiger partial charge in [0.05, 0.1) is 23.1 Å². The van der Waals surface area contributed by atoms with E-state index in [1.165, 1.54) is 16.9 Å². The number of aryl methyl sites for hydroxylation is 1. The molecular formula is C20H18N4O2S. The molecule has 0 spiro atoms. The number of hydrogen-bond donors (Lipinski definition) is 1. The number of rotatable bonds is 5. The average molecular weight is 378 g/mol. The van der Waals surface area contributed by atoms with E-state index in [-0.39, 0.29) is 0 Å². The van der Waals surface area contributed by atoms with Crippen LogP contribution in [0.15, 0.2) is 52.5 Å². The SMILES string of the molecule is Cc1ccc(Cn2c(-c3csc(-c4ccno4)n3)cc(C(N)=O)c2C)cc1. The summed E-state index contributed by atoms with van der Waals surface area (Å²) >= 11 is 1.47. The van der Waals surface area contributed by atoms with E-state index in [2.05, 4.69) is 45.9 Å². The van der Waals surface area contributed by atoms with Crippen molar-refractivity contribution in [3.63, 3.8) is 0 Å². The highest BCUT2D eigenvalue weighted by Gasteiger charge is 2.19. The number of carbonyl (C=O) groups excluding carboxylic acids is 1. The van der Waals surface area contributed by atoms with Crippen LogP contribution in [0.1, 0.15) is 27.2 Å². The van der Waals surface area contributed by atoms with Crippen molar-refractivity contribution >= 4 is 17.2 Å². The van der Waals surface area contributed by atoms with Crippen LogP contribution in [0.3, 0.4) is 0 Å². The molecule has 6 nitrogen and oxygen atoms in total. The molecule has 0 saturated heterocycles. The van der Waals surface area contributed by atoms with E-state index >= 15 is 0 Å². The van der Waals surface area contributed by atoms with Gasteiger partial charge in [-0.2, -0.15) is 0 Å². The molecule has 0 bridgehead atoms. The fourth-order valence-corrected chi connectivity index (χ4v) is 3.79. The molecule has 1 amide bonds. The fraction of sp³-hybridized carbons (Fsp3) is 0.150. The van der Waals surface area contributed by atoms with Crippen molar-refractivity contribution in [2.75, 3.05) is 0 Å². The minimum atomic E-state index is -0.443. The molecule has 0 unspecified atom stereocenters. The minimum Gasteiger partial charge on any atom is -0.366 e. The molecule has 136 valence electrons. The van der Waals surface area contributed by atoms with Crippen LogP contribution in [0.25, 0.3) is 22.2 Å². The van der Waals surface area contributed by atoms with Crippen LogP contribution in [-0.2, 0) is 6.54 Å². The number of benzene rings is 1. The highest BCUT2D eigenvalue weighted by atomic mass is 32.1. The van der Waals surface area contributed by atoms with E-state index in [1.807, 2.05) is 18.4 Å². The number of amides is 1. The van der Waals surface area contributed by atoms with Crippen molar-refractivity contribution in [3.8, 4) is 22.2 Å². The maximum Gasteiger partial charge on any atom is 0.250 e. The Balaban J connectivity index is 1.78. The molecule has 0 atom stereocenters. The Hall–Kier alpha value is -3.19. The summed E-state index contributed by atoms with van der Waals surface area (Å²) in [4.78, 5) is 16.5. The summed E-state index contributed by atoms with van der Waals surface area (Å²) in [7, 11) is 0. The number of primary amides is 1. The molecule has 4 rings (SSSR count). The second kappa shape index (κ2) is 6.85. The Morgan fingerprint density at radius 1 is 1.22 bits per heavy atom. The van der Waals surface area contributed by atoms with Gasteiger partial charge in [0.1, 0.15) is 0 Å². The zero-order valence-corrected chi connectivity index (χ0v) is 15.8. The summed E-state index contributed by atoms with van der Waals surface area (Å²) in [6.45, 7) is 4.59. The summed E-state index contributed by atoms with van der Waals surface area (Å²) < 4.78 is 7.26. The highest BCUT2D eigenvalue weighted by molar-refractivity contribution is 7.13. The van der Waals surface area contributed by atoms with Gasteiger partial charge >= 0.3 is 0 Å². The molecule has 0 fully saturated rings. The molecule has 0 aliphatic heterocycles. The van der Waals surface area contributed by atoms with Crippen molar-refractivity contribution < 1.29 is 9.32 Å². The molecule has 0 radical (unpaired) electrons. The van der Waals surface area contributed by atoms with Crippen LogP contribution < -0.4 is 5.73 Å². The Bertz CT molecular complexity index is 1090. The van der Waals surface area contributed by atoms with E-state index in [1.54, 1.807) is 12.3 Å². The summed E-state index contributed by atoms with van der Waals surface area (Å²) in [5, 5.41) is 6.41. The molecule has 0 saturated carbocycles. The number of aromatic nitrogens is 3. The first-order chi connectivity index (χ1) is 13.0.